The van der Waals surface area contributed by atoms with Crippen molar-refractivity contribution in [3.8, 4) is 0 Å². The quantitative estimate of drug-likeness (QED) is 0.498. The van der Waals surface area contributed by atoms with Gasteiger partial charge in [0.1, 0.15) is 0 Å². The maximum absolute atomic E-state index is 12.9. The molecular weight excluding hydrogens is 458 g/mol. The van der Waals surface area contributed by atoms with Crippen LogP contribution >= 0.6 is 11.6 Å². The van der Waals surface area contributed by atoms with E-state index in [0.29, 0.717) is 5.69 Å². The molecule has 0 aliphatic carbocycles. The molecule has 11 heteroatoms. The van der Waals surface area contributed by atoms with Crippen LogP contribution in [-0.2, 0) is 24.3 Å². The summed E-state index contributed by atoms with van der Waals surface area (Å²) in [6.45, 7) is 5.55. The summed E-state index contributed by atoms with van der Waals surface area (Å²) in [7, 11) is -3.73. The molecule has 1 N–H and O–H groups in total. The Morgan fingerprint density at radius 1 is 1.19 bits per heavy atom. The molecule has 9 nitrogen and oxygen atoms in total. The minimum Gasteiger partial charge on any atom is -0.449 e. The van der Waals surface area contributed by atoms with Gasteiger partial charge in [0.25, 0.3) is 5.91 Å². The fourth-order valence-corrected chi connectivity index (χ4v) is 4.99. The molecule has 172 valence electrons. The second-order valence-corrected chi connectivity index (χ2v) is 9.78. The third-order valence-corrected chi connectivity index (χ3v) is 6.93. The van der Waals surface area contributed by atoms with Gasteiger partial charge in [0.15, 0.2) is 11.3 Å². The Bertz CT molecular complexity index is 1080. The van der Waals surface area contributed by atoms with Crippen LogP contribution in [0, 0.1) is 0 Å². The van der Waals surface area contributed by atoms with E-state index >= 15 is 0 Å². The van der Waals surface area contributed by atoms with Gasteiger partial charge in [0.05, 0.1) is 28.4 Å². The number of halogens is 1. The average Bonchev–Trinajstić information content (AvgIpc) is 2.74. The van der Waals surface area contributed by atoms with Gasteiger partial charge >= 0.3 is 5.97 Å². The minimum atomic E-state index is -3.73. The van der Waals surface area contributed by atoms with Gasteiger partial charge in [-0.25, -0.2) is 18.2 Å². The molecule has 0 radical (unpaired) electrons. The first kappa shape index (κ1) is 24.1. The number of hydrogen-bond acceptors (Lipinski definition) is 7. The van der Waals surface area contributed by atoms with E-state index in [1.165, 1.54) is 41.7 Å². The number of amides is 1. The number of anilines is 1. The summed E-state index contributed by atoms with van der Waals surface area (Å²) in [6.07, 6.45) is -0.0571. The minimum absolute atomic E-state index is 0.0624. The highest BCUT2D eigenvalue weighted by molar-refractivity contribution is 7.89. The molecule has 0 saturated carbocycles. The number of benzene rings is 1. The zero-order valence-corrected chi connectivity index (χ0v) is 19.4. The van der Waals surface area contributed by atoms with Crippen molar-refractivity contribution in [3.05, 3.63) is 53.3 Å². The van der Waals surface area contributed by atoms with E-state index in [-0.39, 0.29) is 40.9 Å². The fourth-order valence-electron chi connectivity index (χ4n) is 3.23. The van der Waals surface area contributed by atoms with Crippen LogP contribution in [0.5, 0.6) is 0 Å². The molecule has 0 bridgehead atoms. The Kier molecular flexibility index (Phi) is 7.50. The van der Waals surface area contributed by atoms with Crippen molar-refractivity contribution in [3.63, 3.8) is 0 Å². The number of esters is 1. The summed E-state index contributed by atoms with van der Waals surface area (Å²) in [5.41, 5.74) is 0.412. The van der Waals surface area contributed by atoms with Gasteiger partial charge in [-0.3, -0.25) is 4.79 Å². The summed E-state index contributed by atoms with van der Waals surface area (Å²) in [4.78, 5) is 28.6. The van der Waals surface area contributed by atoms with E-state index in [1.54, 1.807) is 12.1 Å². The zero-order valence-electron chi connectivity index (χ0n) is 17.8. The van der Waals surface area contributed by atoms with Crippen molar-refractivity contribution in [2.75, 3.05) is 18.4 Å². The highest BCUT2D eigenvalue weighted by Crippen LogP contribution is 2.22. The Balaban J connectivity index is 1.64. The van der Waals surface area contributed by atoms with Crippen LogP contribution in [-0.4, -0.2) is 61.0 Å². The number of nitrogens with zero attached hydrogens (tertiary/aromatic N) is 2. The summed E-state index contributed by atoms with van der Waals surface area (Å²) in [6, 6.07) is 8.56. The Hall–Kier alpha value is -2.53. The molecule has 3 atom stereocenters. The molecule has 1 amide bonds. The standard InChI is InChI=1S/C21H24ClN3O6S/c1-13-11-25(12-14(2)30-13)32(28,29)17-8-6-16(7-9-17)21(27)31-15(3)20(26)24-18-5-4-10-23-19(18)22/h4-10,13-15H,11-12H2,1-3H3,(H,24,26). The Morgan fingerprint density at radius 3 is 2.41 bits per heavy atom. The van der Waals surface area contributed by atoms with Crippen LogP contribution in [0.3, 0.4) is 0 Å². The molecule has 2 aromatic rings. The van der Waals surface area contributed by atoms with Gasteiger partial charge in [0, 0.05) is 19.3 Å². The number of nitrogens with one attached hydrogen (secondary N) is 1. The van der Waals surface area contributed by atoms with E-state index < -0.39 is 28.0 Å². The normalized spacial score (nSPS) is 20.4. The maximum atomic E-state index is 12.9. The second kappa shape index (κ2) is 9.95. The first-order valence-corrected chi connectivity index (χ1v) is 11.8. The van der Waals surface area contributed by atoms with E-state index in [9.17, 15) is 18.0 Å². The highest BCUT2D eigenvalue weighted by atomic mass is 35.5. The van der Waals surface area contributed by atoms with Gasteiger partial charge < -0.3 is 14.8 Å². The SMILES string of the molecule is CC1CN(S(=O)(=O)c2ccc(C(=O)OC(C)C(=O)Nc3cccnc3Cl)cc2)CC(C)O1. The van der Waals surface area contributed by atoms with Gasteiger partial charge in [0.2, 0.25) is 10.0 Å². The summed E-state index contributed by atoms with van der Waals surface area (Å²) in [5, 5.41) is 2.64. The lowest BCUT2D eigenvalue weighted by molar-refractivity contribution is -0.123. The van der Waals surface area contributed by atoms with Crippen LogP contribution < -0.4 is 5.32 Å². The van der Waals surface area contributed by atoms with E-state index in [0.717, 1.165) is 0 Å². The lowest BCUT2D eigenvalue weighted by atomic mass is 10.2. The molecule has 3 unspecified atom stereocenters. The molecule has 1 fully saturated rings. The van der Waals surface area contributed by atoms with Gasteiger partial charge in [-0.05, 0) is 57.2 Å². The topological polar surface area (TPSA) is 115 Å². The van der Waals surface area contributed by atoms with E-state index in [4.69, 9.17) is 21.1 Å². The molecule has 1 aromatic heterocycles. The molecule has 3 rings (SSSR count). The molecule has 0 spiro atoms. The van der Waals surface area contributed by atoms with Crippen LogP contribution in [0.4, 0.5) is 5.69 Å². The number of rotatable bonds is 6. The van der Waals surface area contributed by atoms with Gasteiger partial charge in [-0.1, -0.05) is 11.6 Å². The monoisotopic (exact) mass is 481 g/mol. The lowest BCUT2D eigenvalue weighted by Crippen LogP contribution is -2.48. The fraction of sp³-hybridized carbons (Fsp3) is 0.381. The van der Waals surface area contributed by atoms with Crippen molar-refractivity contribution < 1.29 is 27.5 Å². The van der Waals surface area contributed by atoms with Crippen LogP contribution in [0.15, 0.2) is 47.5 Å². The Morgan fingerprint density at radius 2 is 1.81 bits per heavy atom. The summed E-state index contributed by atoms with van der Waals surface area (Å²) in [5.74, 6) is -1.34. The summed E-state index contributed by atoms with van der Waals surface area (Å²) >= 11 is 5.91. The number of ether oxygens (including phenoxy) is 2. The molecule has 1 aromatic carbocycles. The van der Waals surface area contributed by atoms with Crippen molar-refractivity contribution in [2.24, 2.45) is 0 Å². The van der Waals surface area contributed by atoms with Crippen LogP contribution in [0.1, 0.15) is 31.1 Å². The molecular formula is C21H24ClN3O6S. The Labute approximate surface area is 191 Å². The van der Waals surface area contributed by atoms with E-state index in [1.807, 2.05) is 13.8 Å². The van der Waals surface area contributed by atoms with Crippen molar-refractivity contribution in [1.29, 1.82) is 0 Å². The highest BCUT2D eigenvalue weighted by Gasteiger charge is 2.32. The van der Waals surface area contributed by atoms with Gasteiger partial charge in [-0.15, -0.1) is 0 Å². The number of pyridine rings is 1. The van der Waals surface area contributed by atoms with Crippen molar-refractivity contribution in [1.82, 2.24) is 9.29 Å². The number of morpholine rings is 1. The number of aromatic nitrogens is 1. The smallest absolute Gasteiger partial charge is 0.338 e. The number of hydrogen-bond donors (Lipinski definition) is 1. The molecule has 1 saturated heterocycles. The molecule has 1 aliphatic heterocycles. The predicted molar refractivity (Wildman–Crippen MR) is 118 cm³/mol. The van der Waals surface area contributed by atoms with E-state index in [2.05, 4.69) is 10.3 Å². The lowest BCUT2D eigenvalue weighted by Gasteiger charge is -2.34. The van der Waals surface area contributed by atoms with Gasteiger partial charge in [-0.2, -0.15) is 4.31 Å². The number of carbonyl (C=O) groups excluding carboxylic acids is 2. The predicted octanol–water partition coefficient (Wildman–Crippen LogP) is 2.72. The zero-order chi connectivity index (χ0) is 23.5. The first-order valence-electron chi connectivity index (χ1n) is 9.96. The molecule has 2 heterocycles. The van der Waals surface area contributed by atoms with Crippen LogP contribution in [0.2, 0.25) is 5.15 Å². The third kappa shape index (κ3) is 5.63. The second-order valence-electron chi connectivity index (χ2n) is 7.48. The first-order chi connectivity index (χ1) is 15.1. The van der Waals surface area contributed by atoms with Crippen molar-refractivity contribution in [2.45, 2.75) is 44.0 Å². The molecule has 1 aliphatic rings. The average molecular weight is 482 g/mol. The third-order valence-electron chi connectivity index (χ3n) is 4.78. The summed E-state index contributed by atoms with van der Waals surface area (Å²) < 4.78 is 38.0. The molecule has 32 heavy (non-hydrogen) atoms. The maximum Gasteiger partial charge on any atom is 0.338 e. The van der Waals surface area contributed by atoms with Crippen LogP contribution in [0.25, 0.3) is 0 Å². The number of sulfonamides is 1. The van der Waals surface area contributed by atoms with Crippen molar-refractivity contribution >= 4 is 39.2 Å². The number of carbonyl (C=O) groups is 2. The largest absolute Gasteiger partial charge is 0.449 e.